The fourth-order valence-corrected chi connectivity index (χ4v) is 2.18. The molecule has 0 saturated heterocycles. The smallest absolute Gasteiger partial charge is 0.321 e. The molecular formula is C18H20FN3O2. The maximum atomic E-state index is 13.6. The molecule has 3 amide bonds. The lowest BCUT2D eigenvalue weighted by molar-refractivity contribution is -0.119. The molecule has 0 aliphatic rings. The van der Waals surface area contributed by atoms with E-state index < -0.39 is 11.9 Å². The molecule has 0 heterocycles. The second-order valence-corrected chi connectivity index (χ2v) is 5.34. The van der Waals surface area contributed by atoms with Crippen LogP contribution in [-0.2, 0) is 11.3 Å². The maximum Gasteiger partial charge on any atom is 0.321 e. The van der Waals surface area contributed by atoms with Crippen LogP contribution in [0.4, 0.5) is 9.18 Å². The standard InChI is InChI=1S/C18H20FN3O2/c1-13(15-9-5-6-10-16(15)19)20-12-17(23)22-18(24)21-11-14-7-3-2-4-8-14/h2-10,13,20H,11-12H2,1H3,(H2,21,22,23,24). The summed E-state index contributed by atoms with van der Waals surface area (Å²) in [5.74, 6) is -0.817. The summed E-state index contributed by atoms with van der Waals surface area (Å²) < 4.78 is 13.6. The van der Waals surface area contributed by atoms with Gasteiger partial charge in [0.15, 0.2) is 0 Å². The van der Waals surface area contributed by atoms with Gasteiger partial charge in [0.1, 0.15) is 5.82 Å². The fourth-order valence-electron chi connectivity index (χ4n) is 2.18. The molecule has 2 aromatic rings. The summed E-state index contributed by atoms with van der Waals surface area (Å²) >= 11 is 0. The first-order valence-electron chi connectivity index (χ1n) is 7.65. The number of nitrogens with one attached hydrogen (secondary N) is 3. The van der Waals surface area contributed by atoms with Crippen molar-refractivity contribution >= 4 is 11.9 Å². The highest BCUT2D eigenvalue weighted by molar-refractivity contribution is 5.95. The topological polar surface area (TPSA) is 70.2 Å². The van der Waals surface area contributed by atoms with Gasteiger partial charge in [0.05, 0.1) is 6.54 Å². The molecule has 0 spiro atoms. The Morgan fingerprint density at radius 3 is 2.42 bits per heavy atom. The van der Waals surface area contributed by atoms with E-state index in [1.807, 2.05) is 30.3 Å². The van der Waals surface area contributed by atoms with E-state index in [1.165, 1.54) is 6.07 Å². The van der Waals surface area contributed by atoms with Crippen LogP contribution in [0, 0.1) is 5.82 Å². The molecule has 0 aliphatic carbocycles. The summed E-state index contributed by atoms with van der Waals surface area (Å²) in [7, 11) is 0. The van der Waals surface area contributed by atoms with Crippen LogP contribution in [0.1, 0.15) is 24.1 Å². The minimum atomic E-state index is -0.566. The minimum Gasteiger partial charge on any atom is -0.334 e. The first-order chi connectivity index (χ1) is 11.6. The number of rotatable bonds is 6. The average molecular weight is 329 g/mol. The SMILES string of the molecule is CC(NCC(=O)NC(=O)NCc1ccccc1)c1ccccc1F. The quantitative estimate of drug-likeness (QED) is 0.763. The number of hydrogen-bond donors (Lipinski definition) is 3. The van der Waals surface area contributed by atoms with Crippen molar-refractivity contribution in [3.63, 3.8) is 0 Å². The van der Waals surface area contributed by atoms with Gasteiger partial charge in [-0.1, -0.05) is 48.5 Å². The van der Waals surface area contributed by atoms with Crippen LogP contribution >= 0.6 is 0 Å². The fraction of sp³-hybridized carbons (Fsp3) is 0.222. The maximum absolute atomic E-state index is 13.6. The van der Waals surface area contributed by atoms with Crippen molar-refractivity contribution < 1.29 is 14.0 Å². The number of urea groups is 1. The Bertz CT molecular complexity index is 692. The molecule has 0 aromatic heterocycles. The van der Waals surface area contributed by atoms with Crippen LogP contribution in [0.2, 0.25) is 0 Å². The van der Waals surface area contributed by atoms with Crippen LogP contribution in [0.15, 0.2) is 54.6 Å². The van der Waals surface area contributed by atoms with Crippen LogP contribution < -0.4 is 16.0 Å². The third kappa shape index (κ3) is 5.48. The third-order valence-corrected chi connectivity index (χ3v) is 3.49. The van der Waals surface area contributed by atoms with Crippen LogP contribution in [0.25, 0.3) is 0 Å². The van der Waals surface area contributed by atoms with Gasteiger partial charge in [-0.3, -0.25) is 10.1 Å². The Balaban J connectivity index is 1.73. The first kappa shape index (κ1) is 17.6. The average Bonchev–Trinajstić information content (AvgIpc) is 2.59. The largest absolute Gasteiger partial charge is 0.334 e. The van der Waals surface area contributed by atoms with Gasteiger partial charge in [0.2, 0.25) is 5.91 Å². The summed E-state index contributed by atoms with van der Waals surface area (Å²) in [5, 5.41) is 7.71. The lowest BCUT2D eigenvalue weighted by atomic mass is 10.1. The molecule has 0 fully saturated rings. The van der Waals surface area contributed by atoms with Crippen molar-refractivity contribution in [1.82, 2.24) is 16.0 Å². The molecule has 1 unspecified atom stereocenters. The highest BCUT2D eigenvalue weighted by Crippen LogP contribution is 2.15. The number of benzene rings is 2. The minimum absolute atomic E-state index is 0.0890. The van der Waals surface area contributed by atoms with Crippen LogP contribution in [0.5, 0.6) is 0 Å². The van der Waals surface area contributed by atoms with E-state index in [1.54, 1.807) is 25.1 Å². The van der Waals surface area contributed by atoms with Gasteiger partial charge in [0.25, 0.3) is 0 Å². The lowest BCUT2D eigenvalue weighted by Gasteiger charge is -2.14. The van der Waals surface area contributed by atoms with Gasteiger partial charge in [-0.25, -0.2) is 9.18 Å². The van der Waals surface area contributed by atoms with Crippen molar-refractivity contribution in [3.8, 4) is 0 Å². The van der Waals surface area contributed by atoms with Crippen molar-refractivity contribution in [2.24, 2.45) is 0 Å². The Morgan fingerprint density at radius 2 is 1.71 bits per heavy atom. The van der Waals surface area contributed by atoms with Gasteiger partial charge < -0.3 is 10.6 Å². The number of carbonyl (C=O) groups excluding carboxylic acids is 2. The Hall–Kier alpha value is -2.73. The van der Waals surface area contributed by atoms with Crippen LogP contribution in [0.3, 0.4) is 0 Å². The van der Waals surface area contributed by atoms with Crippen molar-refractivity contribution in [1.29, 1.82) is 0 Å². The second-order valence-electron chi connectivity index (χ2n) is 5.34. The summed E-state index contributed by atoms with van der Waals surface area (Å²) in [4.78, 5) is 23.4. The number of carbonyl (C=O) groups is 2. The third-order valence-electron chi connectivity index (χ3n) is 3.49. The van der Waals surface area contributed by atoms with Gasteiger partial charge in [0, 0.05) is 18.2 Å². The highest BCUT2D eigenvalue weighted by atomic mass is 19.1. The zero-order valence-electron chi connectivity index (χ0n) is 13.4. The molecule has 126 valence electrons. The first-order valence-corrected chi connectivity index (χ1v) is 7.65. The molecule has 2 aromatic carbocycles. The molecular weight excluding hydrogens is 309 g/mol. The molecule has 2 rings (SSSR count). The van der Waals surface area contributed by atoms with Gasteiger partial charge in [-0.2, -0.15) is 0 Å². The highest BCUT2D eigenvalue weighted by Gasteiger charge is 2.12. The van der Waals surface area contributed by atoms with Gasteiger partial charge in [-0.15, -0.1) is 0 Å². The summed E-state index contributed by atoms with van der Waals surface area (Å²) in [6, 6.07) is 14.8. The summed E-state index contributed by atoms with van der Waals surface area (Å²) in [5.41, 5.74) is 1.41. The van der Waals surface area contributed by atoms with Crippen molar-refractivity contribution in [3.05, 3.63) is 71.5 Å². The normalized spacial score (nSPS) is 11.6. The number of amides is 3. The van der Waals surface area contributed by atoms with Gasteiger partial charge in [-0.05, 0) is 18.6 Å². The Labute approximate surface area is 140 Å². The molecule has 0 saturated carbocycles. The van der Waals surface area contributed by atoms with E-state index in [0.29, 0.717) is 12.1 Å². The zero-order valence-corrected chi connectivity index (χ0v) is 13.4. The number of imide groups is 1. The summed E-state index contributed by atoms with van der Waals surface area (Å²) in [6.07, 6.45) is 0. The molecule has 1 atom stereocenters. The van der Waals surface area contributed by atoms with E-state index in [-0.39, 0.29) is 18.4 Å². The van der Waals surface area contributed by atoms with Gasteiger partial charge >= 0.3 is 6.03 Å². The van der Waals surface area contributed by atoms with Crippen LogP contribution in [-0.4, -0.2) is 18.5 Å². The molecule has 6 heteroatoms. The van der Waals surface area contributed by atoms with Crippen molar-refractivity contribution in [2.45, 2.75) is 19.5 Å². The predicted octanol–water partition coefficient (Wildman–Crippen LogP) is 2.50. The second kappa shape index (κ2) is 8.79. The van der Waals surface area contributed by atoms with E-state index in [4.69, 9.17) is 0 Å². The van der Waals surface area contributed by atoms with E-state index >= 15 is 0 Å². The zero-order chi connectivity index (χ0) is 17.4. The van der Waals surface area contributed by atoms with E-state index in [2.05, 4.69) is 16.0 Å². The lowest BCUT2D eigenvalue weighted by Crippen LogP contribution is -2.43. The molecule has 24 heavy (non-hydrogen) atoms. The molecule has 5 nitrogen and oxygen atoms in total. The number of hydrogen-bond acceptors (Lipinski definition) is 3. The predicted molar refractivity (Wildman–Crippen MR) is 89.6 cm³/mol. The molecule has 0 radical (unpaired) electrons. The Kier molecular flexibility index (Phi) is 6.45. The van der Waals surface area contributed by atoms with E-state index in [0.717, 1.165) is 5.56 Å². The monoisotopic (exact) mass is 329 g/mol. The molecule has 0 aliphatic heterocycles. The molecule has 3 N–H and O–H groups in total. The van der Waals surface area contributed by atoms with E-state index in [9.17, 15) is 14.0 Å². The Morgan fingerprint density at radius 1 is 1.04 bits per heavy atom. The summed E-state index contributed by atoms with van der Waals surface area (Å²) in [6.45, 7) is 1.99. The van der Waals surface area contributed by atoms with Crippen molar-refractivity contribution in [2.75, 3.05) is 6.54 Å². The number of halogens is 1. The molecule has 0 bridgehead atoms.